The average molecular weight is 656 g/mol. The van der Waals surface area contributed by atoms with Gasteiger partial charge in [-0.05, 0) is 42.8 Å². The molecule has 11 nitrogen and oxygen atoms in total. The Bertz CT molecular complexity index is 1360. The van der Waals surface area contributed by atoms with E-state index in [1.54, 1.807) is 24.3 Å². The molecule has 5 atom stereocenters. The lowest BCUT2D eigenvalue weighted by atomic mass is 9.96. The van der Waals surface area contributed by atoms with Gasteiger partial charge >= 0.3 is 17.9 Å². The zero-order valence-corrected chi connectivity index (χ0v) is 27.4. The third-order valence-electron chi connectivity index (χ3n) is 7.64. The highest BCUT2D eigenvalue weighted by Gasteiger charge is 2.57. The molecule has 0 aliphatic carbocycles. The topological polar surface area (TPSA) is 135 Å². The minimum absolute atomic E-state index is 0.191. The summed E-state index contributed by atoms with van der Waals surface area (Å²) in [7, 11) is 0. The van der Waals surface area contributed by atoms with Gasteiger partial charge in [-0.2, -0.15) is 0 Å². The van der Waals surface area contributed by atoms with Crippen molar-refractivity contribution < 1.29 is 47.7 Å². The molecule has 0 spiro atoms. The largest absolute Gasteiger partial charge is 0.494 e. The van der Waals surface area contributed by atoms with Crippen LogP contribution in [0.25, 0.3) is 0 Å². The Labute approximate surface area is 273 Å². The highest BCUT2D eigenvalue weighted by Crippen LogP contribution is 2.41. The molecular weight excluding hydrogens is 614 g/mol. The van der Waals surface area contributed by atoms with E-state index in [1.807, 2.05) is 24.3 Å². The second-order valence-corrected chi connectivity index (χ2v) is 12.4. The summed E-state index contributed by atoms with van der Waals surface area (Å²) in [5.41, 5.74) is -0.639. The summed E-state index contributed by atoms with van der Waals surface area (Å²) in [6.07, 6.45) is 3.22. The number of benzene rings is 2. The van der Waals surface area contributed by atoms with Crippen molar-refractivity contribution in [3.05, 3.63) is 59.7 Å². The average Bonchev–Trinajstić information content (AvgIpc) is 3.26. The lowest BCUT2D eigenvalue weighted by Crippen LogP contribution is -2.66. The van der Waals surface area contributed by atoms with Crippen LogP contribution < -0.4 is 4.74 Å². The minimum Gasteiger partial charge on any atom is -0.494 e. The van der Waals surface area contributed by atoms with Crippen LogP contribution in [0.15, 0.2) is 53.4 Å². The van der Waals surface area contributed by atoms with Crippen molar-refractivity contribution in [2.24, 2.45) is 0 Å². The molecule has 2 aliphatic heterocycles. The molecule has 2 heterocycles. The monoisotopic (exact) mass is 655 g/mol. The van der Waals surface area contributed by atoms with E-state index in [2.05, 4.69) is 6.92 Å². The third kappa shape index (κ3) is 8.88. The first kappa shape index (κ1) is 35.0. The maximum atomic E-state index is 13.7. The Balaban J connectivity index is 1.62. The van der Waals surface area contributed by atoms with Gasteiger partial charge in [0.25, 0.3) is 11.8 Å². The summed E-state index contributed by atoms with van der Waals surface area (Å²) in [6.45, 7) is 6.02. The van der Waals surface area contributed by atoms with Crippen molar-refractivity contribution >= 4 is 41.5 Å². The first-order chi connectivity index (χ1) is 22.1. The second-order valence-electron chi connectivity index (χ2n) is 11.2. The quantitative estimate of drug-likeness (QED) is 0.107. The SMILES string of the molecule is CCCCCCCCOc1ccc(S[C@@H]2O[C@H](COC(C)=O)[C@@H](OC(C)=O)[C@H](OC(C)=O)[C@H]2N2C(=O)c3ccccc3C2=O)cc1. The summed E-state index contributed by atoms with van der Waals surface area (Å²) in [4.78, 5) is 65.5. The Morgan fingerprint density at radius 1 is 0.783 bits per heavy atom. The number of rotatable bonds is 15. The number of hydrogen-bond acceptors (Lipinski definition) is 11. The molecule has 1 fully saturated rings. The van der Waals surface area contributed by atoms with Gasteiger partial charge in [0.2, 0.25) is 0 Å². The van der Waals surface area contributed by atoms with Gasteiger partial charge in [-0.15, -0.1) is 0 Å². The number of nitrogens with zero attached hydrogens (tertiary/aromatic N) is 1. The number of ether oxygens (including phenoxy) is 5. The van der Waals surface area contributed by atoms with Gasteiger partial charge in [0, 0.05) is 25.7 Å². The predicted octanol–water partition coefficient (Wildman–Crippen LogP) is 5.33. The maximum Gasteiger partial charge on any atom is 0.303 e. The second kappa shape index (κ2) is 16.6. The van der Waals surface area contributed by atoms with Gasteiger partial charge in [0.15, 0.2) is 12.2 Å². The summed E-state index contributed by atoms with van der Waals surface area (Å²) in [5.74, 6) is -2.56. The summed E-state index contributed by atoms with van der Waals surface area (Å²) >= 11 is 1.18. The summed E-state index contributed by atoms with van der Waals surface area (Å²) < 4.78 is 28.8. The molecule has 248 valence electrons. The fraction of sp³-hybridized carbons (Fsp3) is 0.500. The minimum atomic E-state index is -1.34. The zero-order valence-electron chi connectivity index (χ0n) is 26.6. The van der Waals surface area contributed by atoms with E-state index in [-0.39, 0.29) is 17.7 Å². The number of fused-ring (bicyclic) bond motifs is 1. The van der Waals surface area contributed by atoms with E-state index < -0.39 is 59.5 Å². The number of esters is 3. The fourth-order valence-electron chi connectivity index (χ4n) is 5.55. The van der Waals surface area contributed by atoms with Crippen LogP contribution in [0.2, 0.25) is 0 Å². The van der Waals surface area contributed by atoms with Gasteiger partial charge in [-0.25, -0.2) is 0 Å². The Morgan fingerprint density at radius 2 is 1.37 bits per heavy atom. The molecule has 0 unspecified atom stereocenters. The summed E-state index contributed by atoms with van der Waals surface area (Å²) in [6, 6.07) is 12.4. The maximum absolute atomic E-state index is 13.7. The van der Waals surface area contributed by atoms with Gasteiger partial charge in [0.1, 0.15) is 29.9 Å². The smallest absolute Gasteiger partial charge is 0.303 e. The van der Waals surface area contributed by atoms with E-state index >= 15 is 0 Å². The number of carbonyl (C=O) groups is 5. The highest BCUT2D eigenvalue weighted by molar-refractivity contribution is 7.99. The molecule has 2 aromatic carbocycles. The van der Waals surface area contributed by atoms with Crippen molar-refractivity contribution in [3.63, 3.8) is 0 Å². The van der Waals surface area contributed by atoms with Crippen molar-refractivity contribution in [2.45, 2.75) is 101 Å². The van der Waals surface area contributed by atoms with Gasteiger partial charge in [-0.3, -0.25) is 28.9 Å². The van der Waals surface area contributed by atoms with Crippen molar-refractivity contribution in [3.8, 4) is 5.75 Å². The molecule has 0 radical (unpaired) electrons. The molecule has 12 heteroatoms. The molecule has 0 saturated carbocycles. The Kier molecular flexibility index (Phi) is 12.6. The molecule has 46 heavy (non-hydrogen) atoms. The fourth-order valence-corrected chi connectivity index (χ4v) is 6.73. The molecule has 0 N–H and O–H groups in total. The van der Waals surface area contributed by atoms with Gasteiger partial charge in [0.05, 0.1) is 17.7 Å². The van der Waals surface area contributed by atoms with Crippen LogP contribution in [0.1, 0.15) is 86.9 Å². The van der Waals surface area contributed by atoms with Crippen LogP contribution in [-0.2, 0) is 33.3 Å². The lowest BCUT2D eigenvalue weighted by molar-refractivity contribution is -0.216. The number of imide groups is 1. The molecule has 1 saturated heterocycles. The molecule has 2 amide bonds. The molecule has 0 bridgehead atoms. The number of unbranched alkanes of at least 4 members (excludes halogenated alkanes) is 5. The van der Waals surface area contributed by atoms with E-state index in [1.165, 1.54) is 58.2 Å². The van der Waals surface area contributed by atoms with Crippen molar-refractivity contribution in [1.82, 2.24) is 4.90 Å². The van der Waals surface area contributed by atoms with Gasteiger partial charge < -0.3 is 23.7 Å². The van der Waals surface area contributed by atoms with E-state index in [9.17, 15) is 24.0 Å². The zero-order chi connectivity index (χ0) is 33.2. The molecule has 4 rings (SSSR count). The van der Waals surface area contributed by atoms with E-state index in [0.29, 0.717) is 17.3 Å². The van der Waals surface area contributed by atoms with E-state index in [0.717, 1.165) is 17.7 Å². The molecular formula is C34H41NO10S. The lowest BCUT2D eigenvalue weighted by Gasteiger charge is -2.47. The highest BCUT2D eigenvalue weighted by atomic mass is 32.2. The number of hydrogen-bond donors (Lipinski definition) is 0. The predicted molar refractivity (Wildman–Crippen MR) is 168 cm³/mol. The first-order valence-corrected chi connectivity index (χ1v) is 16.5. The van der Waals surface area contributed by atoms with E-state index in [4.69, 9.17) is 23.7 Å². The van der Waals surface area contributed by atoms with Crippen LogP contribution in [-0.4, -0.2) is 77.6 Å². The number of thioether (sulfide) groups is 1. The van der Waals surface area contributed by atoms with Crippen molar-refractivity contribution in [2.75, 3.05) is 13.2 Å². The van der Waals surface area contributed by atoms with Crippen molar-refractivity contribution in [1.29, 1.82) is 0 Å². The first-order valence-electron chi connectivity index (χ1n) is 15.6. The van der Waals surface area contributed by atoms with Crippen LogP contribution in [0, 0.1) is 0 Å². The van der Waals surface area contributed by atoms with Crippen LogP contribution in [0.4, 0.5) is 0 Å². The molecule has 0 aromatic heterocycles. The number of carbonyl (C=O) groups excluding carboxylic acids is 5. The normalized spacial score (nSPS) is 22.3. The third-order valence-corrected chi connectivity index (χ3v) is 8.80. The van der Waals surface area contributed by atoms with Gasteiger partial charge in [-0.1, -0.05) is 62.9 Å². The summed E-state index contributed by atoms with van der Waals surface area (Å²) in [5, 5.41) is 0. The standard InChI is InChI=1S/C34H41NO10S/c1-5-6-7-8-9-12-19-41-24-15-17-25(18-16-24)46-34-29(35-32(39)26-13-10-11-14-27(26)33(35)40)31(44-23(4)38)30(43-22(3)37)28(45-34)20-42-21(2)36/h10-11,13-18,28-31,34H,5-9,12,19-20H2,1-4H3/t28-,29-,30-,31-,34+/m1/s1. The van der Waals surface area contributed by atoms with Crippen LogP contribution in [0.5, 0.6) is 5.75 Å². The molecule has 2 aromatic rings. The number of amides is 2. The Hall–Kier alpha value is -3.90. The Morgan fingerprint density at radius 3 is 1.96 bits per heavy atom. The molecule has 2 aliphatic rings. The van der Waals surface area contributed by atoms with Crippen LogP contribution in [0.3, 0.4) is 0 Å². The van der Waals surface area contributed by atoms with Crippen LogP contribution >= 0.6 is 11.8 Å².